The number of urea groups is 1. The van der Waals surface area contributed by atoms with Crippen LogP contribution in [0.4, 0.5) is 10.5 Å². The Morgan fingerprint density at radius 1 is 0.944 bits per heavy atom. The number of hydrogen-bond acceptors (Lipinski definition) is 4. The van der Waals surface area contributed by atoms with Gasteiger partial charge in [0.15, 0.2) is 11.5 Å². The number of hydrogen-bond donors (Lipinski definition) is 2. The third kappa shape index (κ3) is 4.54. The van der Waals surface area contributed by atoms with E-state index in [2.05, 4.69) is 5.32 Å². The Kier molecular flexibility index (Phi) is 6.65. The van der Waals surface area contributed by atoms with Crippen molar-refractivity contribution in [3.63, 3.8) is 0 Å². The SMILES string of the molecule is NC1=NC(c2ccccc2)(c2ccccc2)C(=O)N1CC1CCN(C(=O)Nc2ccc(Cl)cc2)CC1. The number of piperidine rings is 1. The van der Waals surface area contributed by atoms with Crippen LogP contribution in [-0.2, 0) is 10.3 Å². The molecule has 8 heteroatoms. The van der Waals surface area contributed by atoms with Crippen LogP contribution in [0.2, 0.25) is 5.02 Å². The van der Waals surface area contributed by atoms with Crippen LogP contribution in [0, 0.1) is 5.92 Å². The predicted octanol–water partition coefficient (Wildman–Crippen LogP) is 4.68. The highest BCUT2D eigenvalue weighted by Gasteiger charge is 2.50. The zero-order valence-electron chi connectivity index (χ0n) is 19.8. The molecule has 0 bridgehead atoms. The van der Waals surface area contributed by atoms with Gasteiger partial charge in [-0.2, -0.15) is 0 Å². The first-order valence-electron chi connectivity index (χ1n) is 12.1. The highest BCUT2D eigenvalue weighted by atomic mass is 35.5. The molecule has 2 aliphatic rings. The molecule has 0 radical (unpaired) electrons. The van der Waals surface area contributed by atoms with Crippen molar-refractivity contribution in [1.82, 2.24) is 9.80 Å². The molecule has 0 unspecified atom stereocenters. The average molecular weight is 502 g/mol. The number of nitrogens with zero attached hydrogens (tertiary/aromatic N) is 3. The third-order valence-electron chi connectivity index (χ3n) is 6.93. The van der Waals surface area contributed by atoms with Gasteiger partial charge in [-0.3, -0.25) is 9.69 Å². The van der Waals surface area contributed by atoms with E-state index in [0.29, 0.717) is 30.3 Å². The Balaban J connectivity index is 1.27. The number of aliphatic imine (C=N–C) groups is 1. The first-order chi connectivity index (χ1) is 17.5. The van der Waals surface area contributed by atoms with Crippen LogP contribution in [0.15, 0.2) is 89.9 Å². The molecule has 0 spiro atoms. The van der Waals surface area contributed by atoms with E-state index in [-0.39, 0.29) is 23.8 Å². The molecular weight excluding hydrogens is 474 g/mol. The fourth-order valence-corrected chi connectivity index (χ4v) is 5.10. The molecule has 0 saturated carbocycles. The molecule has 7 nitrogen and oxygen atoms in total. The lowest BCUT2D eigenvalue weighted by atomic mass is 9.82. The average Bonchev–Trinajstić information content (AvgIpc) is 3.17. The van der Waals surface area contributed by atoms with E-state index < -0.39 is 5.54 Å². The summed E-state index contributed by atoms with van der Waals surface area (Å²) in [6.45, 7) is 1.68. The first-order valence-corrected chi connectivity index (χ1v) is 12.4. The Hall–Kier alpha value is -3.84. The molecule has 5 rings (SSSR count). The molecule has 36 heavy (non-hydrogen) atoms. The smallest absolute Gasteiger partial charge is 0.321 e. The topological polar surface area (TPSA) is 91.0 Å². The van der Waals surface area contributed by atoms with Crippen LogP contribution in [-0.4, -0.2) is 47.3 Å². The van der Waals surface area contributed by atoms with Crippen molar-refractivity contribution in [2.45, 2.75) is 18.4 Å². The molecule has 2 aliphatic heterocycles. The van der Waals surface area contributed by atoms with Crippen LogP contribution in [0.5, 0.6) is 0 Å². The van der Waals surface area contributed by atoms with Gasteiger partial charge in [0, 0.05) is 30.3 Å². The first kappa shape index (κ1) is 23.9. The fraction of sp³-hybridized carbons (Fsp3) is 0.250. The number of amides is 3. The molecule has 184 valence electrons. The van der Waals surface area contributed by atoms with Crippen molar-refractivity contribution in [2.24, 2.45) is 16.6 Å². The summed E-state index contributed by atoms with van der Waals surface area (Å²) in [6.07, 6.45) is 1.55. The lowest BCUT2D eigenvalue weighted by Crippen LogP contribution is -2.48. The molecule has 0 atom stereocenters. The second-order valence-corrected chi connectivity index (χ2v) is 9.63. The molecule has 0 aromatic heterocycles. The van der Waals surface area contributed by atoms with Gasteiger partial charge in [-0.25, -0.2) is 9.79 Å². The summed E-state index contributed by atoms with van der Waals surface area (Å²) in [5.41, 5.74) is 7.48. The van der Waals surface area contributed by atoms with E-state index in [9.17, 15) is 9.59 Å². The van der Waals surface area contributed by atoms with Gasteiger partial charge in [0.05, 0.1) is 0 Å². The zero-order chi connectivity index (χ0) is 25.1. The minimum absolute atomic E-state index is 0.138. The lowest BCUT2D eigenvalue weighted by molar-refractivity contribution is -0.130. The predicted molar refractivity (Wildman–Crippen MR) is 142 cm³/mol. The number of carbonyl (C=O) groups excluding carboxylic acids is 2. The molecule has 3 N–H and O–H groups in total. The summed E-state index contributed by atoms with van der Waals surface area (Å²) in [7, 11) is 0. The van der Waals surface area contributed by atoms with E-state index >= 15 is 0 Å². The molecule has 3 aromatic rings. The maximum absolute atomic E-state index is 14.0. The maximum Gasteiger partial charge on any atom is 0.321 e. The molecule has 3 aromatic carbocycles. The van der Waals surface area contributed by atoms with Gasteiger partial charge >= 0.3 is 6.03 Å². The molecule has 3 amide bonds. The van der Waals surface area contributed by atoms with E-state index in [1.165, 1.54) is 0 Å². The Morgan fingerprint density at radius 3 is 2.06 bits per heavy atom. The second-order valence-electron chi connectivity index (χ2n) is 9.20. The van der Waals surface area contributed by atoms with Crippen molar-refractivity contribution in [3.05, 3.63) is 101 Å². The van der Waals surface area contributed by atoms with Gasteiger partial charge in [-0.05, 0) is 54.2 Å². The zero-order valence-corrected chi connectivity index (χ0v) is 20.6. The van der Waals surface area contributed by atoms with Crippen molar-refractivity contribution < 1.29 is 9.59 Å². The summed E-state index contributed by atoms with van der Waals surface area (Å²) < 4.78 is 0. The van der Waals surface area contributed by atoms with Gasteiger partial charge in [0.1, 0.15) is 0 Å². The molecule has 0 aliphatic carbocycles. The van der Waals surface area contributed by atoms with E-state index in [4.69, 9.17) is 22.3 Å². The Labute approximate surface area is 215 Å². The lowest BCUT2D eigenvalue weighted by Gasteiger charge is -2.34. The minimum atomic E-state index is -1.19. The number of benzene rings is 3. The highest BCUT2D eigenvalue weighted by molar-refractivity contribution is 6.30. The van der Waals surface area contributed by atoms with Crippen molar-refractivity contribution in [2.75, 3.05) is 25.0 Å². The highest BCUT2D eigenvalue weighted by Crippen LogP contribution is 2.40. The van der Waals surface area contributed by atoms with E-state index in [1.807, 2.05) is 60.7 Å². The summed E-state index contributed by atoms with van der Waals surface area (Å²) in [5.74, 6) is 0.306. The standard InChI is InChI=1S/C28H28ClN5O2/c29-23-11-13-24(14-12-23)31-27(36)33-17-15-20(16-18-33)19-34-25(35)28(32-26(34)30,21-7-3-1-4-8-21)22-9-5-2-6-10-22/h1-14,20H,15-19H2,(H2,30,32)(H,31,36). The van der Waals surface area contributed by atoms with E-state index in [1.54, 1.807) is 34.1 Å². The summed E-state index contributed by atoms with van der Waals surface area (Å²) in [5, 5.41) is 3.53. The largest absolute Gasteiger partial charge is 0.369 e. The van der Waals surface area contributed by atoms with Crippen LogP contribution < -0.4 is 11.1 Å². The Morgan fingerprint density at radius 2 is 1.50 bits per heavy atom. The van der Waals surface area contributed by atoms with Gasteiger partial charge in [0.2, 0.25) is 0 Å². The monoisotopic (exact) mass is 501 g/mol. The second kappa shape index (κ2) is 10.0. The number of likely N-dealkylation sites (tertiary alicyclic amines) is 1. The van der Waals surface area contributed by atoms with Gasteiger partial charge in [0.25, 0.3) is 5.91 Å². The number of halogens is 1. The van der Waals surface area contributed by atoms with Crippen LogP contribution in [0.25, 0.3) is 0 Å². The van der Waals surface area contributed by atoms with Crippen LogP contribution >= 0.6 is 11.6 Å². The van der Waals surface area contributed by atoms with Crippen molar-refractivity contribution in [1.29, 1.82) is 0 Å². The van der Waals surface area contributed by atoms with Gasteiger partial charge in [-0.15, -0.1) is 0 Å². The van der Waals surface area contributed by atoms with Gasteiger partial charge < -0.3 is 16.0 Å². The summed E-state index contributed by atoms with van der Waals surface area (Å²) in [6, 6.07) is 26.1. The minimum Gasteiger partial charge on any atom is -0.369 e. The van der Waals surface area contributed by atoms with Crippen molar-refractivity contribution in [3.8, 4) is 0 Å². The summed E-state index contributed by atoms with van der Waals surface area (Å²) in [4.78, 5) is 34.8. The van der Waals surface area contributed by atoms with E-state index in [0.717, 1.165) is 24.0 Å². The maximum atomic E-state index is 14.0. The molecular formula is C28H28ClN5O2. The summed E-state index contributed by atoms with van der Waals surface area (Å²) >= 11 is 5.92. The molecule has 1 saturated heterocycles. The van der Waals surface area contributed by atoms with Crippen LogP contribution in [0.3, 0.4) is 0 Å². The number of guanidine groups is 1. The normalized spacial score (nSPS) is 17.7. The van der Waals surface area contributed by atoms with Crippen LogP contribution in [0.1, 0.15) is 24.0 Å². The van der Waals surface area contributed by atoms with Crippen molar-refractivity contribution >= 4 is 35.2 Å². The van der Waals surface area contributed by atoms with Gasteiger partial charge in [-0.1, -0.05) is 72.3 Å². The number of nitrogens with one attached hydrogen (secondary N) is 1. The number of nitrogens with two attached hydrogens (primary N) is 1. The Bertz CT molecular complexity index is 1220. The number of anilines is 1. The quantitative estimate of drug-likeness (QED) is 0.531. The number of carbonyl (C=O) groups is 2. The molecule has 2 heterocycles. The molecule has 1 fully saturated rings. The fourth-order valence-electron chi connectivity index (χ4n) is 4.97. The third-order valence-corrected chi connectivity index (χ3v) is 7.19. The number of rotatable bonds is 5.